The lowest BCUT2D eigenvalue weighted by Crippen LogP contribution is -2.16. The molecule has 0 saturated carbocycles. The number of hydrogen-bond donors (Lipinski definition) is 1. The topological polar surface area (TPSA) is 59.8 Å². The van der Waals surface area contributed by atoms with E-state index in [2.05, 4.69) is 57.4 Å². The average Bonchev–Trinajstić information content (AvgIpc) is 3.06. The second-order valence-electron chi connectivity index (χ2n) is 6.67. The van der Waals surface area contributed by atoms with Gasteiger partial charge in [0.15, 0.2) is 11.0 Å². The lowest BCUT2D eigenvalue weighted by molar-refractivity contribution is -0.113. The molecule has 7 heteroatoms. The fourth-order valence-electron chi connectivity index (χ4n) is 3.18. The number of aryl methyl sites for hydroxylation is 3. The Morgan fingerprint density at radius 2 is 1.75 bits per heavy atom. The summed E-state index contributed by atoms with van der Waals surface area (Å²) in [6.45, 7) is 8.87. The predicted molar refractivity (Wildman–Crippen MR) is 119 cm³/mol. The van der Waals surface area contributed by atoms with E-state index in [1.807, 2.05) is 42.7 Å². The molecule has 1 amide bonds. The quantitative estimate of drug-likeness (QED) is 0.503. The number of rotatable bonds is 6. The van der Waals surface area contributed by atoms with Gasteiger partial charge >= 0.3 is 0 Å². The SMILES string of the molecule is CCn1c(SCC(=O)Nc2c(C)cc(C)cc2C)nnc1-c1ccc(Br)cc1. The fraction of sp³-hybridized carbons (Fsp3) is 0.286. The van der Waals surface area contributed by atoms with E-state index >= 15 is 0 Å². The van der Waals surface area contributed by atoms with E-state index in [0.29, 0.717) is 0 Å². The fourth-order valence-corrected chi connectivity index (χ4v) is 4.24. The summed E-state index contributed by atoms with van der Waals surface area (Å²) < 4.78 is 3.05. The van der Waals surface area contributed by atoms with Crippen molar-refractivity contribution in [1.82, 2.24) is 14.8 Å². The van der Waals surface area contributed by atoms with Gasteiger partial charge in [-0.2, -0.15) is 0 Å². The highest BCUT2D eigenvalue weighted by Gasteiger charge is 2.15. The number of nitrogens with one attached hydrogen (secondary N) is 1. The molecule has 146 valence electrons. The van der Waals surface area contributed by atoms with Gasteiger partial charge in [-0.15, -0.1) is 10.2 Å². The molecule has 0 fully saturated rings. The number of amides is 1. The van der Waals surface area contributed by atoms with Crippen LogP contribution in [0.25, 0.3) is 11.4 Å². The van der Waals surface area contributed by atoms with Crippen LogP contribution in [0, 0.1) is 20.8 Å². The van der Waals surface area contributed by atoms with Gasteiger partial charge in [0.05, 0.1) is 5.75 Å². The number of nitrogens with zero attached hydrogens (tertiary/aromatic N) is 3. The van der Waals surface area contributed by atoms with E-state index in [9.17, 15) is 4.79 Å². The first-order valence-electron chi connectivity index (χ1n) is 9.08. The van der Waals surface area contributed by atoms with Gasteiger partial charge in [0.1, 0.15) is 0 Å². The van der Waals surface area contributed by atoms with E-state index in [-0.39, 0.29) is 11.7 Å². The van der Waals surface area contributed by atoms with Crippen molar-refractivity contribution >= 4 is 39.3 Å². The minimum absolute atomic E-state index is 0.0455. The summed E-state index contributed by atoms with van der Waals surface area (Å²) >= 11 is 4.85. The molecule has 1 heterocycles. The third-order valence-electron chi connectivity index (χ3n) is 4.41. The number of benzene rings is 2. The maximum absolute atomic E-state index is 12.5. The standard InChI is InChI=1S/C21H23BrN4OS/c1-5-26-20(16-6-8-17(22)9-7-16)24-25-21(26)28-12-18(27)23-19-14(3)10-13(2)11-15(19)4/h6-11H,5,12H2,1-4H3,(H,23,27). The van der Waals surface area contributed by atoms with Crippen LogP contribution in [0.5, 0.6) is 0 Å². The van der Waals surface area contributed by atoms with Gasteiger partial charge in [-0.25, -0.2) is 0 Å². The predicted octanol–water partition coefficient (Wildman–Crippen LogP) is 5.38. The van der Waals surface area contributed by atoms with Crippen LogP contribution in [0.2, 0.25) is 0 Å². The minimum atomic E-state index is -0.0455. The lowest BCUT2D eigenvalue weighted by Gasteiger charge is -2.13. The van der Waals surface area contributed by atoms with Crippen LogP contribution >= 0.6 is 27.7 Å². The zero-order valence-corrected chi connectivity index (χ0v) is 18.8. The molecule has 3 aromatic rings. The van der Waals surface area contributed by atoms with E-state index < -0.39 is 0 Å². The molecule has 0 saturated heterocycles. The summed E-state index contributed by atoms with van der Waals surface area (Å²) in [4.78, 5) is 12.5. The summed E-state index contributed by atoms with van der Waals surface area (Å²) in [7, 11) is 0. The van der Waals surface area contributed by atoms with Crippen molar-refractivity contribution in [2.45, 2.75) is 39.4 Å². The first-order valence-corrected chi connectivity index (χ1v) is 10.9. The second kappa shape index (κ2) is 8.92. The minimum Gasteiger partial charge on any atom is -0.325 e. The third-order valence-corrected chi connectivity index (χ3v) is 5.90. The Hall–Kier alpha value is -2.12. The van der Waals surface area contributed by atoms with Crippen molar-refractivity contribution < 1.29 is 4.79 Å². The van der Waals surface area contributed by atoms with Crippen molar-refractivity contribution in [2.24, 2.45) is 0 Å². The average molecular weight is 459 g/mol. The van der Waals surface area contributed by atoms with Gasteiger partial charge in [-0.05, 0) is 51.0 Å². The lowest BCUT2D eigenvalue weighted by atomic mass is 10.1. The summed E-state index contributed by atoms with van der Waals surface area (Å²) in [5.41, 5.74) is 5.23. The molecule has 5 nitrogen and oxygen atoms in total. The molecule has 0 aliphatic carbocycles. The third kappa shape index (κ3) is 4.64. The molecule has 0 spiro atoms. The van der Waals surface area contributed by atoms with E-state index in [1.165, 1.54) is 17.3 Å². The van der Waals surface area contributed by atoms with Crippen molar-refractivity contribution in [2.75, 3.05) is 11.1 Å². The summed E-state index contributed by atoms with van der Waals surface area (Å²) in [5, 5.41) is 12.4. The van der Waals surface area contributed by atoms with Crippen molar-refractivity contribution in [3.05, 3.63) is 57.6 Å². The number of anilines is 1. The first-order chi connectivity index (χ1) is 13.4. The molecule has 28 heavy (non-hydrogen) atoms. The largest absolute Gasteiger partial charge is 0.325 e. The van der Waals surface area contributed by atoms with Gasteiger partial charge in [0, 0.05) is 22.3 Å². The summed E-state index contributed by atoms with van der Waals surface area (Å²) in [6, 6.07) is 12.1. The van der Waals surface area contributed by atoms with Gasteiger partial charge in [-0.1, -0.05) is 57.5 Å². The number of hydrogen-bond acceptors (Lipinski definition) is 4. The van der Waals surface area contributed by atoms with Crippen molar-refractivity contribution in [3.63, 3.8) is 0 Å². The number of halogens is 1. The highest BCUT2D eigenvalue weighted by molar-refractivity contribution is 9.10. The van der Waals surface area contributed by atoms with Crippen LogP contribution in [-0.4, -0.2) is 26.4 Å². The molecule has 0 radical (unpaired) electrons. The van der Waals surface area contributed by atoms with Crippen LogP contribution in [0.3, 0.4) is 0 Å². The van der Waals surface area contributed by atoms with Gasteiger partial charge in [0.2, 0.25) is 5.91 Å². The summed E-state index contributed by atoms with van der Waals surface area (Å²) in [5.74, 6) is 1.05. The van der Waals surface area contributed by atoms with Crippen LogP contribution in [0.15, 0.2) is 46.0 Å². The molecule has 0 unspecified atom stereocenters. The van der Waals surface area contributed by atoms with Gasteiger partial charge in [0.25, 0.3) is 0 Å². The molecular weight excluding hydrogens is 436 g/mol. The Morgan fingerprint density at radius 3 is 2.36 bits per heavy atom. The molecule has 1 N–H and O–H groups in total. The highest BCUT2D eigenvalue weighted by atomic mass is 79.9. The maximum atomic E-state index is 12.5. The van der Waals surface area contributed by atoms with Crippen LogP contribution < -0.4 is 5.32 Å². The maximum Gasteiger partial charge on any atom is 0.234 e. The van der Waals surface area contributed by atoms with E-state index in [0.717, 1.165) is 44.4 Å². The number of carbonyl (C=O) groups is 1. The smallest absolute Gasteiger partial charge is 0.234 e. The van der Waals surface area contributed by atoms with E-state index in [4.69, 9.17) is 0 Å². The number of carbonyl (C=O) groups excluding carboxylic acids is 1. The Bertz CT molecular complexity index is 975. The zero-order chi connectivity index (χ0) is 20.3. The molecule has 0 aliphatic rings. The Kier molecular flexibility index (Phi) is 6.57. The first kappa shape index (κ1) is 20.6. The van der Waals surface area contributed by atoms with Gasteiger partial charge < -0.3 is 9.88 Å². The van der Waals surface area contributed by atoms with E-state index in [1.54, 1.807) is 0 Å². The van der Waals surface area contributed by atoms with Crippen LogP contribution in [-0.2, 0) is 11.3 Å². The molecule has 0 bridgehead atoms. The highest BCUT2D eigenvalue weighted by Crippen LogP contribution is 2.26. The van der Waals surface area contributed by atoms with Crippen LogP contribution in [0.1, 0.15) is 23.6 Å². The van der Waals surface area contributed by atoms with Crippen LogP contribution in [0.4, 0.5) is 5.69 Å². The molecule has 1 aromatic heterocycles. The monoisotopic (exact) mass is 458 g/mol. The molecule has 0 atom stereocenters. The molecule has 0 aliphatic heterocycles. The van der Waals surface area contributed by atoms with Crippen molar-refractivity contribution in [1.29, 1.82) is 0 Å². The number of aromatic nitrogens is 3. The Balaban J connectivity index is 1.71. The van der Waals surface area contributed by atoms with Gasteiger partial charge in [-0.3, -0.25) is 4.79 Å². The zero-order valence-electron chi connectivity index (χ0n) is 16.4. The second-order valence-corrected chi connectivity index (χ2v) is 8.53. The van der Waals surface area contributed by atoms with Crippen molar-refractivity contribution in [3.8, 4) is 11.4 Å². The number of thioether (sulfide) groups is 1. The Morgan fingerprint density at radius 1 is 1.11 bits per heavy atom. The normalized spacial score (nSPS) is 10.9. The molecular formula is C21H23BrN4OS. The molecule has 3 rings (SSSR count). The Labute approximate surface area is 178 Å². The summed E-state index contributed by atoms with van der Waals surface area (Å²) in [6.07, 6.45) is 0. The molecule has 2 aromatic carbocycles.